The molecule has 0 bridgehead atoms. The summed E-state index contributed by atoms with van der Waals surface area (Å²) in [5, 5.41) is 2.48. The fourth-order valence-electron chi connectivity index (χ4n) is 3.92. The number of hydrogen-bond acceptors (Lipinski definition) is 6. The third-order valence-electron chi connectivity index (χ3n) is 5.79. The molecule has 33 heavy (non-hydrogen) atoms. The van der Waals surface area contributed by atoms with Gasteiger partial charge in [0.1, 0.15) is 12.6 Å². The molecule has 1 saturated heterocycles. The zero-order valence-electron chi connectivity index (χ0n) is 18.0. The molecule has 2 aliphatic rings. The van der Waals surface area contributed by atoms with E-state index >= 15 is 0 Å². The highest BCUT2D eigenvalue weighted by molar-refractivity contribution is 5.98. The van der Waals surface area contributed by atoms with Crippen LogP contribution >= 0.6 is 0 Å². The minimum absolute atomic E-state index is 0.0798. The van der Waals surface area contributed by atoms with Crippen LogP contribution in [-0.2, 0) is 14.3 Å². The van der Waals surface area contributed by atoms with Crippen LogP contribution in [0, 0.1) is 5.92 Å². The molecule has 2 fully saturated rings. The van der Waals surface area contributed by atoms with Crippen molar-refractivity contribution >= 4 is 23.2 Å². The molecule has 3 rings (SSSR count). The number of nitrogens with two attached hydrogens (primary N) is 1. The lowest BCUT2D eigenvalue weighted by atomic mass is 9.85. The van der Waals surface area contributed by atoms with Gasteiger partial charge in [0.2, 0.25) is 5.91 Å². The minimum Gasteiger partial charge on any atom is -0.433 e. The van der Waals surface area contributed by atoms with E-state index in [-0.39, 0.29) is 49.6 Å². The van der Waals surface area contributed by atoms with Gasteiger partial charge in [-0.2, -0.15) is 8.78 Å². The Kier molecular flexibility index (Phi) is 8.87. The van der Waals surface area contributed by atoms with Crippen LogP contribution in [-0.4, -0.2) is 75.2 Å². The smallest absolute Gasteiger partial charge is 0.387 e. The van der Waals surface area contributed by atoms with Crippen LogP contribution in [0.5, 0.6) is 5.75 Å². The first kappa shape index (κ1) is 25.2. The number of nitrogens with one attached hydrogen (secondary N) is 1. The molecule has 3 N–H and O–H groups in total. The first-order valence-electron chi connectivity index (χ1n) is 10.8. The van der Waals surface area contributed by atoms with Crippen molar-refractivity contribution in [1.82, 2.24) is 4.90 Å². The van der Waals surface area contributed by atoms with Crippen molar-refractivity contribution in [3.8, 4) is 5.75 Å². The van der Waals surface area contributed by atoms with Gasteiger partial charge in [-0.3, -0.25) is 14.5 Å². The lowest BCUT2D eigenvalue weighted by Crippen LogP contribution is -2.52. The number of alkyl halides is 4. The first-order chi connectivity index (χ1) is 15.8. The van der Waals surface area contributed by atoms with Crippen LogP contribution in [0.15, 0.2) is 18.2 Å². The second-order valence-corrected chi connectivity index (χ2v) is 8.04. The Morgan fingerprint density at radius 3 is 2.64 bits per heavy atom. The maximum Gasteiger partial charge on any atom is 0.387 e. The molecule has 8 nitrogen and oxygen atoms in total. The van der Waals surface area contributed by atoms with Crippen LogP contribution in [0.4, 0.5) is 28.9 Å². The Bertz CT molecular complexity index is 825. The Balaban J connectivity index is 1.79. The van der Waals surface area contributed by atoms with Gasteiger partial charge in [0, 0.05) is 31.4 Å². The van der Waals surface area contributed by atoms with Gasteiger partial charge in [-0.05, 0) is 30.9 Å². The largest absolute Gasteiger partial charge is 0.433 e. The molecule has 1 aliphatic carbocycles. The van der Waals surface area contributed by atoms with Crippen molar-refractivity contribution < 1.29 is 36.6 Å². The normalized spacial score (nSPS) is 18.1. The van der Waals surface area contributed by atoms with Gasteiger partial charge in [0.05, 0.1) is 18.8 Å². The van der Waals surface area contributed by atoms with Crippen LogP contribution < -0.4 is 20.7 Å². The summed E-state index contributed by atoms with van der Waals surface area (Å²) in [5.41, 5.74) is 5.96. The number of amides is 2. The molecule has 184 valence electrons. The summed E-state index contributed by atoms with van der Waals surface area (Å²) in [7, 11) is 0. The van der Waals surface area contributed by atoms with Gasteiger partial charge in [-0.15, -0.1) is 0 Å². The molecular weight excluding hydrogens is 448 g/mol. The number of morpholine rings is 1. The highest BCUT2D eigenvalue weighted by Gasteiger charge is 2.31. The molecule has 0 radical (unpaired) electrons. The van der Waals surface area contributed by atoms with Gasteiger partial charge in [-0.1, -0.05) is 6.42 Å². The molecule has 0 aromatic heterocycles. The first-order valence-corrected chi connectivity index (χ1v) is 10.8. The van der Waals surface area contributed by atoms with E-state index < -0.39 is 31.5 Å². The number of carbonyl (C=O) groups excluding carboxylic acids is 2. The van der Waals surface area contributed by atoms with E-state index in [1.165, 1.54) is 28.0 Å². The molecule has 1 aliphatic heterocycles. The van der Waals surface area contributed by atoms with Crippen LogP contribution in [0.3, 0.4) is 0 Å². The lowest BCUT2D eigenvalue weighted by molar-refractivity contribution is -0.125. The fourth-order valence-corrected chi connectivity index (χ4v) is 3.92. The maximum atomic E-state index is 13.1. The van der Waals surface area contributed by atoms with E-state index in [0.717, 1.165) is 19.3 Å². The van der Waals surface area contributed by atoms with E-state index in [1.54, 1.807) is 0 Å². The Hall–Kier alpha value is -2.44. The quantitative estimate of drug-likeness (QED) is 0.476. The van der Waals surface area contributed by atoms with Crippen molar-refractivity contribution in [3.05, 3.63) is 18.2 Å². The summed E-state index contributed by atoms with van der Waals surface area (Å²) in [5.74, 6) is -1.19. The van der Waals surface area contributed by atoms with Gasteiger partial charge < -0.3 is 25.4 Å². The minimum atomic E-state index is -3.18. The highest BCUT2D eigenvalue weighted by Crippen LogP contribution is 2.33. The van der Waals surface area contributed by atoms with E-state index in [1.807, 2.05) is 0 Å². The number of halogens is 4. The molecule has 1 atom stereocenters. The van der Waals surface area contributed by atoms with Crippen molar-refractivity contribution in [2.45, 2.75) is 38.3 Å². The molecule has 2 amide bonds. The van der Waals surface area contributed by atoms with Crippen LogP contribution in [0.1, 0.15) is 19.3 Å². The zero-order valence-corrected chi connectivity index (χ0v) is 18.0. The third kappa shape index (κ3) is 6.78. The number of anilines is 2. The SMILES string of the molecule is NC[C@H](C(=O)Nc1ccc(N2CCOCC2=O)cc1OC(F)F)N(CC(F)F)CC1CCC1. The monoisotopic (exact) mass is 476 g/mol. The van der Waals surface area contributed by atoms with Gasteiger partial charge in [-0.25, -0.2) is 8.78 Å². The Morgan fingerprint density at radius 2 is 2.06 bits per heavy atom. The molecular formula is C21H28F4N4O4. The number of hydrogen-bond donors (Lipinski definition) is 2. The number of ether oxygens (including phenoxy) is 2. The van der Waals surface area contributed by atoms with E-state index in [2.05, 4.69) is 10.1 Å². The van der Waals surface area contributed by atoms with E-state index in [0.29, 0.717) is 12.2 Å². The second kappa shape index (κ2) is 11.6. The van der Waals surface area contributed by atoms with Gasteiger partial charge in [0.15, 0.2) is 5.75 Å². The molecule has 1 aromatic carbocycles. The summed E-state index contributed by atoms with van der Waals surface area (Å²) in [6.07, 6.45) is 0.147. The van der Waals surface area contributed by atoms with Crippen molar-refractivity contribution in [2.24, 2.45) is 11.7 Å². The molecule has 12 heteroatoms. The number of rotatable bonds is 11. The molecule has 0 spiro atoms. The summed E-state index contributed by atoms with van der Waals surface area (Å²) in [6, 6.07) is 2.94. The number of carbonyl (C=O) groups is 2. The topological polar surface area (TPSA) is 97.1 Å². The second-order valence-electron chi connectivity index (χ2n) is 8.04. The van der Waals surface area contributed by atoms with E-state index in [9.17, 15) is 27.2 Å². The molecule has 1 heterocycles. The lowest BCUT2D eigenvalue weighted by Gasteiger charge is -2.36. The summed E-state index contributed by atoms with van der Waals surface area (Å²) >= 11 is 0. The van der Waals surface area contributed by atoms with Crippen molar-refractivity contribution in [2.75, 3.05) is 49.6 Å². The fraction of sp³-hybridized carbons (Fsp3) is 0.619. The predicted molar refractivity (Wildman–Crippen MR) is 113 cm³/mol. The third-order valence-corrected chi connectivity index (χ3v) is 5.79. The predicted octanol–water partition coefficient (Wildman–Crippen LogP) is 2.28. The summed E-state index contributed by atoms with van der Waals surface area (Å²) in [6.45, 7) is -3.34. The van der Waals surface area contributed by atoms with Crippen LogP contribution in [0.25, 0.3) is 0 Å². The highest BCUT2D eigenvalue weighted by atomic mass is 19.3. The summed E-state index contributed by atoms with van der Waals surface area (Å²) < 4.78 is 62.0. The van der Waals surface area contributed by atoms with Crippen molar-refractivity contribution in [3.63, 3.8) is 0 Å². The molecule has 0 unspecified atom stereocenters. The van der Waals surface area contributed by atoms with Gasteiger partial charge >= 0.3 is 6.61 Å². The Morgan fingerprint density at radius 1 is 1.30 bits per heavy atom. The number of benzene rings is 1. The molecule has 1 saturated carbocycles. The molecule has 1 aromatic rings. The zero-order chi connectivity index (χ0) is 24.0. The Labute approximate surface area is 189 Å². The van der Waals surface area contributed by atoms with Crippen LogP contribution in [0.2, 0.25) is 0 Å². The average molecular weight is 476 g/mol. The van der Waals surface area contributed by atoms with E-state index in [4.69, 9.17) is 10.5 Å². The maximum absolute atomic E-state index is 13.1. The average Bonchev–Trinajstić information content (AvgIpc) is 2.72. The summed E-state index contributed by atoms with van der Waals surface area (Å²) in [4.78, 5) is 27.7. The van der Waals surface area contributed by atoms with Gasteiger partial charge in [0.25, 0.3) is 12.3 Å². The van der Waals surface area contributed by atoms with Crippen molar-refractivity contribution in [1.29, 1.82) is 0 Å². The number of nitrogens with zero attached hydrogens (tertiary/aromatic N) is 2. The standard InChI is InChI=1S/C21H28F4N4O4/c22-18(23)11-28(10-13-2-1-3-13)16(9-26)20(31)27-15-5-4-14(8-17(15)33-21(24)25)29-6-7-32-12-19(29)30/h4-5,8,13,16,18,21H,1-3,6-7,9-12,26H2,(H,27,31)/t16-/m1/s1.